The Kier molecular flexibility index (Phi) is 8.79. The first-order valence-electron chi connectivity index (χ1n) is 7.64. The lowest BCUT2D eigenvalue weighted by Gasteiger charge is -2.31. The molecule has 0 aliphatic heterocycles. The fourth-order valence-corrected chi connectivity index (χ4v) is 3.95. The lowest BCUT2D eigenvalue weighted by atomic mass is 10.3. The van der Waals surface area contributed by atoms with Crippen LogP contribution in [0, 0.1) is 0 Å². The summed E-state index contributed by atoms with van der Waals surface area (Å²) < 4.78 is 118. The third-order valence-electron chi connectivity index (χ3n) is 3.63. The third kappa shape index (κ3) is 8.10. The second-order valence-electron chi connectivity index (χ2n) is 6.60. The molecule has 0 radical (unpaired) electrons. The highest BCUT2D eigenvalue weighted by atomic mass is 32.2. The van der Waals surface area contributed by atoms with Gasteiger partial charge in [0.15, 0.2) is 0 Å². The van der Waals surface area contributed by atoms with E-state index in [1.54, 1.807) is 0 Å². The fourth-order valence-electron chi connectivity index (χ4n) is 2.20. The first-order valence-corrected chi connectivity index (χ1v) is 10.7. The van der Waals surface area contributed by atoms with Crippen molar-refractivity contribution in [2.75, 3.05) is 46.0 Å². The Morgan fingerprint density at radius 2 is 1.50 bits per heavy atom. The third-order valence-corrected chi connectivity index (χ3v) is 6.29. The molecule has 0 bridgehead atoms. The van der Waals surface area contributed by atoms with E-state index in [1.165, 1.54) is 14.1 Å². The highest BCUT2D eigenvalue weighted by Gasteiger charge is 2.69. The van der Waals surface area contributed by atoms with Crippen molar-refractivity contribution in [3.8, 4) is 0 Å². The normalized spacial score (nSPS) is 14.5. The minimum absolute atomic E-state index is 0.00779. The van der Waals surface area contributed by atoms with E-state index in [2.05, 4.69) is 0 Å². The number of halogens is 5. The lowest BCUT2D eigenvalue weighted by Crippen LogP contribution is -2.53. The van der Waals surface area contributed by atoms with Crippen molar-refractivity contribution in [1.29, 1.82) is 0 Å². The van der Waals surface area contributed by atoms with Crippen LogP contribution in [0.4, 0.5) is 22.0 Å². The summed E-state index contributed by atoms with van der Waals surface area (Å²) >= 11 is 0. The van der Waals surface area contributed by atoms with Gasteiger partial charge < -0.3 is 14.1 Å². The summed E-state index contributed by atoms with van der Waals surface area (Å²) in [5, 5.41) is 2.48. The van der Waals surface area contributed by atoms with Gasteiger partial charge in [0.1, 0.15) is 6.54 Å². The molecule has 0 aliphatic carbocycles. The van der Waals surface area contributed by atoms with E-state index >= 15 is 0 Å². The lowest BCUT2D eigenvalue weighted by molar-refractivity contribution is -0.890. The molecule has 0 aromatic heterocycles. The van der Waals surface area contributed by atoms with E-state index in [0.717, 1.165) is 0 Å². The van der Waals surface area contributed by atoms with Gasteiger partial charge in [-0.05, 0) is 0 Å². The number of rotatable bonds is 12. The predicted molar refractivity (Wildman–Crippen MR) is 84.8 cm³/mol. The van der Waals surface area contributed by atoms with E-state index in [9.17, 15) is 48.1 Å². The molecule has 0 spiro atoms. The molecule has 0 aromatic rings. The molecular formula is C12H21F5N2O7S2. The molecule has 0 saturated carbocycles. The Bertz CT molecular complexity index is 751. The van der Waals surface area contributed by atoms with Crippen molar-refractivity contribution in [2.24, 2.45) is 0 Å². The Morgan fingerprint density at radius 1 is 1.04 bits per heavy atom. The van der Waals surface area contributed by atoms with Crippen molar-refractivity contribution in [3.63, 3.8) is 0 Å². The van der Waals surface area contributed by atoms with E-state index in [4.69, 9.17) is 5.11 Å². The number of alkyl halides is 5. The van der Waals surface area contributed by atoms with Crippen molar-refractivity contribution in [2.45, 2.75) is 24.3 Å². The van der Waals surface area contributed by atoms with Gasteiger partial charge in [-0.3, -0.25) is 4.79 Å². The summed E-state index contributed by atoms with van der Waals surface area (Å²) in [6.45, 7) is -2.41. The highest BCUT2D eigenvalue weighted by Crippen LogP contribution is 2.41. The molecule has 168 valence electrons. The largest absolute Gasteiger partial charge is 0.748 e. The van der Waals surface area contributed by atoms with Gasteiger partial charge in [-0.25, -0.2) is 16.8 Å². The van der Waals surface area contributed by atoms with Gasteiger partial charge in [0.2, 0.25) is 0 Å². The van der Waals surface area contributed by atoms with Gasteiger partial charge in [0.25, 0.3) is 10.0 Å². The Morgan fingerprint density at radius 3 is 1.89 bits per heavy atom. The number of carboxylic acid groups (broad SMARTS) is 1. The Hall–Kier alpha value is -1.10. The van der Waals surface area contributed by atoms with Gasteiger partial charge in [-0.1, -0.05) is 0 Å². The van der Waals surface area contributed by atoms with Gasteiger partial charge in [0, 0.05) is 25.1 Å². The number of aliphatic carboxylic acids is 1. The zero-order chi connectivity index (χ0) is 22.6. The van der Waals surface area contributed by atoms with Gasteiger partial charge >= 0.3 is 17.4 Å². The SMILES string of the molecule is C[N+](C)(CCCN(CC(=O)O)S(=O)(=O)C(F)(F)C(F)(F)F)CCCS(=O)(=O)[O-]. The van der Waals surface area contributed by atoms with E-state index < -0.39 is 60.7 Å². The average Bonchev–Trinajstić information content (AvgIpc) is 2.42. The molecule has 28 heavy (non-hydrogen) atoms. The summed E-state index contributed by atoms with van der Waals surface area (Å²) in [6, 6.07) is 0. The van der Waals surface area contributed by atoms with Gasteiger partial charge in [-0.2, -0.15) is 26.3 Å². The fraction of sp³-hybridized carbons (Fsp3) is 0.917. The number of carboxylic acids is 1. The van der Waals surface area contributed by atoms with Crippen LogP contribution in [0.3, 0.4) is 0 Å². The zero-order valence-electron chi connectivity index (χ0n) is 14.9. The van der Waals surface area contributed by atoms with Crippen LogP contribution in [-0.2, 0) is 24.9 Å². The van der Waals surface area contributed by atoms with E-state index in [-0.39, 0.29) is 30.4 Å². The average molecular weight is 464 g/mol. The molecule has 0 rings (SSSR count). The Balaban J connectivity index is 5.16. The molecule has 1 N–H and O–H groups in total. The minimum atomic E-state index is -6.43. The standard InChI is InChI=1S/C12H21F5N2O7S2/c1-19(2,7-4-8-27(22,23)24)6-3-5-18(9-10(20)21)28(25,26)12(16,17)11(13,14)15/h3-9H2,1-2H3,(H-,20,21,22,23,24). The monoisotopic (exact) mass is 464 g/mol. The molecule has 0 heterocycles. The number of quaternary nitrogens is 1. The summed E-state index contributed by atoms with van der Waals surface area (Å²) in [5.74, 6) is -2.58. The van der Waals surface area contributed by atoms with Crippen molar-refractivity contribution < 1.29 is 57.7 Å². The maximum Gasteiger partial charge on any atom is 0.470 e. The quantitative estimate of drug-likeness (QED) is 0.249. The van der Waals surface area contributed by atoms with Crippen LogP contribution in [0.5, 0.6) is 0 Å². The first-order chi connectivity index (χ1) is 12.2. The predicted octanol–water partition coefficient (Wildman–Crippen LogP) is 0.260. The summed E-state index contributed by atoms with van der Waals surface area (Å²) in [5.41, 5.74) is 0. The van der Waals surface area contributed by atoms with Crippen LogP contribution in [0.25, 0.3) is 0 Å². The van der Waals surface area contributed by atoms with Crippen LogP contribution >= 0.6 is 0 Å². The van der Waals surface area contributed by atoms with Crippen molar-refractivity contribution in [1.82, 2.24) is 4.31 Å². The van der Waals surface area contributed by atoms with Crippen LogP contribution in [0.15, 0.2) is 0 Å². The number of nitrogens with zero attached hydrogens (tertiary/aromatic N) is 2. The second kappa shape index (κ2) is 9.15. The zero-order valence-corrected chi connectivity index (χ0v) is 16.6. The maximum absolute atomic E-state index is 13.3. The maximum atomic E-state index is 13.3. The molecule has 0 saturated heterocycles. The summed E-state index contributed by atoms with van der Waals surface area (Å²) in [4.78, 5) is 10.7. The van der Waals surface area contributed by atoms with Crippen molar-refractivity contribution >= 4 is 26.1 Å². The number of carbonyl (C=O) groups is 1. The molecule has 0 aromatic carbocycles. The van der Waals surface area contributed by atoms with Crippen molar-refractivity contribution in [3.05, 3.63) is 0 Å². The van der Waals surface area contributed by atoms with Gasteiger partial charge in [-0.15, -0.1) is 0 Å². The second-order valence-corrected chi connectivity index (χ2v) is 10.1. The molecule has 9 nitrogen and oxygen atoms in total. The topological polar surface area (TPSA) is 132 Å². The smallest absolute Gasteiger partial charge is 0.470 e. The van der Waals surface area contributed by atoms with Crippen LogP contribution in [-0.4, -0.2) is 98.7 Å². The minimum Gasteiger partial charge on any atom is -0.748 e. The number of hydrogen-bond acceptors (Lipinski definition) is 6. The highest BCUT2D eigenvalue weighted by molar-refractivity contribution is 7.90. The van der Waals surface area contributed by atoms with E-state index in [1.807, 2.05) is 0 Å². The number of hydrogen-bond donors (Lipinski definition) is 1. The molecule has 0 amide bonds. The van der Waals surface area contributed by atoms with E-state index in [0.29, 0.717) is 0 Å². The first kappa shape index (κ1) is 26.9. The molecule has 16 heteroatoms. The molecule has 0 fully saturated rings. The molecule has 0 aliphatic rings. The summed E-state index contributed by atoms with van der Waals surface area (Å²) in [7, 11) is -7.74. The summed E-state index contributed by atoms with van der Waals surface area (Å²) in [6.07, 6.45) is -6.78. The van der Waals surface area contributed by atoms with Crippen LogP contribution < -0.4 is 0 Å². The Labute approximate surface area is 159 Å². The number of sulfonamides is 1. The van der Waals surface area contributed by atoms with Crippen LogP contribution in [0.1, 0.15) is 12.8 Å². The molecular weight excluding hydrogens is 443 g/mol. The van der Waals surface area contributed by atoms with Gasteiger partial charge in [0.05, 0.1) is 37.3 Å². The molecule has 0 unspecified atom stereocenters. The molecule has 0 atom stereocenters. The van der Waals surface area contributed by atoms with Crippen LogP contribution in [0.2, 0.25) is 0 Å².